The van der Waals surface area contributed by atoms with Crippen LogP contribution in [0.25, 0.3) is 0 Å². The molecular weight excluding hydrogens is 402 g/mol. The van der Waals surface area contributed by atoms with Crippen LogP contribution in [0.2, 0.25) is 0 Å². The molecule has 0 bridgehead atoms. The van der Waals surface area contributed by atoms with E-state index in [2.05, 4.69) is 10.3 Å². The monoisotopic (exact) mass is 427 g/mol. The zero-order valence-electron chi connectivity index (χ0n) is 17.2. The molecule has 0 saturated heterocycles. The van der Waals surface area contributed by atoms with E-state index in [1.54, 1.807) is 43.8 Å². The maximum atomic E-state index is 12.7. The molecule has 1 atom stereocenters. The quantitative estimate of drug-likeness (QED) is 0.597. The van der Waals surface area contributed by atoms with E-state index < -0.39 is 15.9 Å². The number of nitrogens with zero attached hydrogens (tertiary/aromatic N) is 2. The van der Waals surface area contributed by atoms with Gasteiger partial charge in [-0.25, -0.2) is 13.4 Å². The summed E-state index contributed by atoms with van der Waals surface area (Å²) in [6.45, 7) is 1.89. The molecule has 158 valence electrons. The van der Waals surface area contributed by atoms with Gasteiger partial charge in [0.2, 0.25) is 5.91 Å². The van der Waals surface area contributed by atoms with Crippen molar-refractivity contribution in [3.05, 3.63) is 77.9 Å². The average molecular weight is 428 g/mol. The van der Waals surface area contributed by atoms with E-state index in [0.717, 1.165) is 11.1 Å². The molecule has 0 fully saturated rings. The first-order chi connectivity index (χ1) is 14.3. The number of rotatable bonds is 8. The summed E-state index contributed by atoms with van der Waals surface area (Å²) >= 11 is 0. The van der Waals surface area contributed by atoms with E-state index in [1.807, 2.05) is 42.8 Å². The highest BCUT2D eigenvalue weighted by Crippen LogP contribution is 2.24. The number of carbonyl (C=O) groups excluding carboxylic acids is 1. The van der Waals surface area contributed by atoms with Gasteiger partial charge in [-0.3, -0.25) is 4.79 Å². The Morgan fingerprint density at radius 2 is 1.93 bits per heavy atom. The van der Waals surface area contributed by atoms with Crippen molar-refractivity contribution in [1.29, 1.82) is 0 Å². The van der Waals surface area contributed by atoms with Gasteiger partial charge in [-0.05, 0) is 36.8 Å². The van der Waals surface area contributed by atoms with Gasteiger partial charge in [0.05, 0.1) is 17.8 Å². The van der Waals surface area contributed by atoms with E-state index in [0.29, 0.717) is 11.6 Å². The number of methoxy groups -OCH3 is 1. The molecular formula is C22H25N3O4S. The van der Waals surface area contributed by atoms with Gasteiger partial charge >= 0.3 is 0 Å². The van der Waals surface area contributed by atoms with Crippen LogP contribution in [0.5, 0.6) is 5.75 Å². The molecule has 7 nitrogen and oxygen atoms in total. The van der Waals surface area contributed by atoms with E-state index in [4.69, 9.17) is 4.74 Å². The van der Waals surface area contributed by atoms with Gasteiger partial charge in [0.1, 0.15) is 17.6 Å². The summed E-state index contributed by atoms with van der Waals surface area (Å²) in [5.41, 5.74) is 1.77. The van der Waals surface area contributed by atoms with Crippen molar-refractivity contribution in [2.75, 3.05) is 12.9 Å². The Morgan fingerprint density at radius 1 is 1.20 bits per heavy atom. The Kier molecular flexibility index (Phi) is 6.56. The van der Waals surface area contributed by atoms with Crippen LogP contribution >= 0.6 is 0 Å². The van der Waals surface area contributed by atoms with Crippen molar-refractivity contribution in [1.82, 2.24) is 14.9 Å². The Balaban J connectivity index is 1.77. The van der Waals surface area contributed by atoms with Crippen LogP contribution in [0.3, 0.4) is 0 Å². The maximum absolute atomic E-state index is 12.7. The summed E-state index contributed by atoms with van der Waals surface area (Å²) in [4.78, 5) is 17.2. The number of hydrogen-bond acceptors (Lipinski definition) is 5. The van der Waals surface area contributed by atoms with E-state index >= 15 is 0 Å². The number of benzene rings is 2. The molecule has 30 heavy (non-hydrogen) atoms. The van der Waals surface area contributed by atoms with Crippen LogP contribution in [0.15, 0.2) is 65.8 Å². The van der Waals surface area contributed by atoms with Gasteiger partial charge in [-0.2, -0.15) is 0 Å². The minimum atomic E-state index is -3.55. The maximum Gasteiger partial charge on any atom is 0.221 e. The summed E-state index contributed by atoms with van der Waals surface area (Å²) in [7, 11) is -0.137. The molecule has 3 aromatic rings. The summed E-state index contributed by atoms with van der Waals surface area (Å²) in [5.74, 6) is 0.648. The molecule has 0 saturated carbocycles. The fourth-order valence-electron chi connectivity index (χ4n) is 3.10. The van der Waals surface area contributed by atoms with Crippen molar-refractivity contribution >= 4 is 15.7 Å². The Bertz CT molecular complexity index is 1120. The third-order valence-electron chi connectivity index (χ3n) is 4.83. The van der Waals surface area contributed by atoms with Crippen molar-refractivity contribution in [2.45, 2.75) is 24.3 Å². The van der Waals surface area contributed by atoms with Crippen LogP contribution in [0.4, 0.5) is 0 Å². The number of hydrogen-bond donors (Lipinski definition) is 1. The molecule has 1 heterocycles. The smallest absolute Gasteiger partial charge is 0.221 e. The number of imidazole rings is 1. The van der Waals surface area contributed by atoms with Crippen LogP contribution in [0.1, 0.15) is 29.4 Å². The third-order valence-corrected chi connectivity index (χ3v) is 6.56. The standard InChI is InChI=1S/C22H25N3O4S/c1-16-7-9-19(10-8-16)30(27,28)14-11-20(26)24-21(22-23-12-13-25(22)2)17-5-4-6-18(15-17)29-3/h4-10,12-13,15,21H,11,14H2,1-3H3,(H,24,26). The normalized spacial score (nSPS) is 12.4. The third kappa shape index (κ3) is 5.07. The van der Waals surface area contributed by atoms with E-state index in [-0.39, 0.29) is 23.0 Å². The number of nitrogens with one attached hydrogen (secondary N) is 1. The lowest BCUT2D eigenvalue weighted by Crippen LogP contribution is -2.32. The second kappa shape index (κ2) is 9.13. The zero-order chi connectivity index (χ0) is 21.7. The highest BCUT2D eigenvalue weighted by atomic mass is 32.2. The molecule has 1 amide bonds. The minimum absolute atomic E-state index is 0.152. The molecule has 1 unspecified atom stereocenters. The van der Waals surface area contributed by atoms with E-state index in [9.17, 15) is 13.2 Å². The molecule has 2 aromatic carbocycles. The lowest BCUT2D eigenvalue weighted by Gasteiger charge is -2.20. The highest BCUT2D eigenvalue weighted by Gasteiger charge is 2.23. The summed E-state index contributed by atoms with van der Waals surface area (Å²) in [6.07, 6.45) is 3.29. The van der Waals surface area contributed by atoms with Crippen LogP contribution in [-0.2, 0) is 21.7 Å². The summed E-state index contributed by atoms with van der Waals surface area (Å²) in [6, 6.07) is 13.4. The lowest BCUT2D eigenvalue weighted by molar-refractivity contribution is -0.121. The second-order valence-electron chi connectivity index (χ2n) is 7.06. The fraction of sp³-hybridized carbons (Fsp3) is 0.273. The van der Waals surface area contributed by atoms with Gasteiger partial charge < -0.3 is 14.6 Å². The molecule has 8 heteroatoms. The van der Waals surface area contributed by atoms with Gasteiger partial charge in [-0.1, -0.05) is 29.8 Å². The van der Waals surface area contributed by atoms with Crippen molar-refractivity contribution in [3.63, 3.8) is 0 Å². The van der Waals surface area contributed by atoms with Crippen LogP contribution < -0.4 is 10.1 Å². The molecule has 3 rings (SSSR count). The van der Waals surface area contributed by atoms with Gasteiger partial charge in [0.25, 0.3) is 0 Å². The minimum Gasteiger partial charge on any atom is -0.497 e. The molecule has 1 aromatic heterocycles. The average Bonchev–Trinajstić information content (AvgIpc) is 3.16. The number of aromatic nitrogens is 2. The Hall–Kier alpha value is -3.13. The highest BCUT2D eigenvalue weighted by molar-refractivity contribution is 7.91. The number of amides is 1. The first kappa shape index (κ1) is 21.6. The predicted octanol–water partition coefficient (Wildman–Crippen LogP) is 2.81. The molecule has 0 radical (unpaired) electrons. The van der Waals surface area contributed by atoms with Gasteiger partial charge in [-0.15, -0.1) is 0 Å². The van der Waals surface area contributed by atoms with Gasteiger partial charge in [0, 0.05) is 25.9 Å². The molecule has 0 aliphatic carbocycles. The molecule has 0 aliphatic heterocycles. The van der Waals surface area contributed by atoms with E-state index in [1.165, 1.54) is 0 Å². The first-order valence-electron chi connectivity index (χ1n) is 9.50. The first-order valence-corrected chi connectivity index (χ1v) is 11.2. The largest absolute Gasteiger partial charge is 0.497 e. The second-order valence-corrected chi connectivity index (χ2v) is 9.16. The molecule has 1 N–H and O–H groups in total. The van der Waals surface area contributed by atoms with Crippen molar-refractivity contribution in [3.8, 4) is 5.75 Å². The molecule has 0 spiro atoms. The predicted molar refractivity (Wildman–Crippen MR) is 114 cm³/mol. The van der Waals surface area contributed by atoms with Crippen molar-refractivity contribution in [2.24, 2.45) is 7.05 Å². The molecule has 0 aliphatic rings. The van der Waals surface area contributed by atoms with Crippen LogP contribution in [-0.4, -0.2) is 36.7 Å². The van der Waals surface area contributed by atoms with Gasteiger partial charge in [0.15, 0.2) is 9.84 Å². The summed E-state index contributed by atoms with van der Waals surface area (Å²) < 4.78 is 32.2. The van der Waals surface area contributed by atoms with Crippen molar-refractivity contribution < 1.29 is 17.9 Å². The Morgan fingerprint density at radius 3 is 2.57 bits per heavy atom. The van der Waals surface area contributed by atoms with Crippen LogP contribution in [0, 0.1) is 6.92 Å². The summed E-state index contributed by atoms with van der Waals surface area (Å²) in [5, 5.41) is 2.92. The Labute approximate surface area is 176 Å². The fourth-order valence-corrected chi connectivity index (χ4v) is 4.34. The topological polar surface area (TPSA) is 90.3 Å². The number of aryl methyl sites for hydroxylation is 2. The number of ether oxygens (including phenoxy) is 1. The lowest BCUT2D eigenvalue weighted by atomic mass is 10.1. The zero-order valence-corrected chi connectivity index (χ0v) is 18.0. The SMILES string of the molecule is COc1cccc(C(NC(=O)CCS(=O)(=O)c2ccc(C)cc2)c2nccn2C)c1. The number of sulfone groups is 1. The number of carbonyl (C=O) groups is 1.